The lowest BCUT2D eigenvalue weighted by atomic mass is 10.3. The maximum absolute atomic E-state index is 9.19. The van der Waals surface area contributed by atoms with Crippen molar-refractivity contribution in [2.75, 3.05) is 26.4 Å². The van der Waals surface area contributed by atoms with E-state index in [1.54, 1.807) is 0 Å². The number of nitrogens with two attached hydrogens (primary N) is 1. The lowest BCUT2D eigenvalue weighted by molar-refractivity contribution is -0.0399. The standard InChI is InChI=1S/C9H21NO3/c1-3-9(11)7-13-8(2)6-12-5-4-10/h8-9,11H,3-7,10H2,1-2H3. The molecular formula is C9H21NO3. The molecule has 2 unspecified atom stereocenters. The largest absolute Gasteiger partial charge is 0.391 e. The first kappa shape index (κ1) is 12.8. The minimum absolute atomic E-state index is 0.0211. The highest BCUT2D eigenvalue weighted by molar-refractivity contribution is 4.53. The van der Waals surface area contributed by atoms with Gasteiger partial charge in [-0.05, 0) is 13.3 Å². The molecule has 2 atom stereocenters. The average molecular weight is 191 g/mol. The Morgan fingerprint density at radius 1 is 1.38 bits per heavy atom. The van der Waals surface area contributed by atoms with Gasteiger partial charge in [0.15, 0.2) is 0 Å². The lowest BCUT2D eigenvalue weighted by Gasteiger charge is -2.15. The number of aliphatic hydroxyl groups excluding tert-OH is 1. The van der Waals surface area contributed by atoms with Crippen LogP contribution in [0.25, 0.3) is 0 Å². The zero-order valence-electron chi connectivity index (χ0n) is 8.53. The van der Waals surface area contributed by atoms with Gasteiger partial charge < -0.3 is 20.3 Å². The summed E-state index contributed by atoms with van der Waals surface area (Å²) in [4.78, 5) is 0. The number of aliphatic hydroxyl groups is 1. The third kappa shape index (κ3) is 8.18. The fourth-order valence-corrected chi connectivity index (χ4v) is 0.774. The van der Waals surface area contributed by atoms with Gasteiger partial charge in [-0.1, -0.05) is 6.92 Å². The van der Waals surface area contributed by atoms with Gasteiger partial charge in [0.25, 0.3) is 0 Å². The summed E-state index contributed by atoms with van der Waals surface area (Å²) in [5.74, 6) is 0. The molecule has 0 aromatic rings. The maximum atomic E-state index is 9.19. The van der Waals surface area contributed by atoms with Crippen molar-refractivity contribution in [2.24, 2.45) is 5.73 Å². The van der Waals surface area contributed by atoms with Crippen LogP contribution in [0.2, 0.25) is 0 Å². The molecule has 4 heteroatoms. The van der Waals surface area contributed by atoms with Crippen molar-refractivity contribution in [3.63, 3.8) is 0 Å². The maximum Gasteiger partial charge on any atom is 0.0781 e. The molecule has 0 saturated carbocycles. The second kappa shape index (κ2) is 8.44. The Bertz CT molecular complexity index is 111. The summed E-state index contributed by atoms with van der Waals surface area (Å²) in [6, 6.07) is 0. The molecule has 0 aromatic carbocycles. The molecular weight excluding hydrogens is 170 g/mol. The van der Waals surface area contributed by atoms with Gasteiger partial charge in [0.1, 0.15) is 0 Å². The molecule has 0 aromatic heterocycles. The van der Waals surface area contributed by atoms with Crippen molar-refractivity contribution in [1.82, 2.24) is 0 Å². The Hall–Kier alpha value is -0.160. The molecule has 0 spiro atoms. The third-order valence-corrected chi connectivity index (χ3v) is 1.66. The van der Waals surface area contributed by atoms with Crippen LogP contribution in [0.15, 0.2) is 0 Å². The van der Waals surface area contributed by atoms with Crippen molar-refractivity contribution < 1.29 is 14.6 Å². The van der Waals surface area contributed by atoms with E-state index in [-0.39, 0.29) is 12.2 Å². The molecule has 0 amide bonds. The highest BCUT2D eigenvalue weighted by Crippen LogP contribution is 1.96. The quantitative estimate of drug-likeness (QED) is 0.536. The molecule has 0 aliphatic rings. The van der Waals surface area contributed by atoms with Crippen molar-refractivity contribution >= 4 is 0 Å². The van der Waals surface area contributed by atoms with Crippen LogP contribution in [0.4, 0.5) is 0 Å². The van der Waals surface area contributed by atoms with Crippen LogP contribution in [0.5, 0.6) is 0 Å². The second-order valence-electron chi connectivity index (χ2n) is 3.07. The van der Waals surface area contributed by atoms with Crippen LogP contribution in [-0.2, 0) is 9.47 Å². The van der Waals surface area contributed by atoms with E-state index in [9.17, 15) is 5.11 Å². The molecule has 13 heavy (non-hydrogen) atoms. The molecule has 0 aliphatic heterocycles. The van der Waals surface area contributed by atoms with E-state index < -0.39 is 0 Å². The predicted octanol–water partition coefficient (Wildman–Crippen LogP) is 0.138. The summed E-state index contributed by atoms with van der Waals surface area (Å²) in [7, 11) is 0. The van der Waals surface area contributed by atoms with Crippen molar-refractivity contribution in [3.05, 3.63) is 0 Å². The van der Waals surface area contributed by atoms with Gasteiger partial charge in [0, 0.05) is 6.54 Å². The van der Waals surface area contributed by atoms with E-state index in [1.165, 1.54) is 0 Å². The zero-order valence-corrected chi connectivity index (χ0v) is 8.53. The first-order valence-corrected chi connectivity index (χ1v) is 4.78. The highest BCUT2D eigenvalue weighted by Gasteiger charge is 2.05. The van der Waals surface area contributed by atoms with Crippen LogP contribution in [0.3, 0.4) is 0 Å². The third-order valence-electron chi connectivity index (χ3n) is 1.66. The predicted molar refractivity (Wildman–Crippen MR) is 51.6 cm³/mol. The highest BCUT2D eigenvalue weighted by atomic mass is 16.5. The summed E-state index contributed by atoms with van der Waals surface area (Å²) >= 11 is 0. The van der Waals surface area contributed by atoms with Gasteiger partial charge in [-0.3, -0.25) is 0 Å². The van der Waals surface area contributed by atoms with Crippen molar-refractivity contribution in [1.29, 1.82) is 0 Å². The summed E-state index contributed by atoms with van der Waals surface area (Å²) in [5.41, 5.74) is 5.25. The van der Waals surface area contributed by atoms with Gasteiger partial charge in [0.05, 0.1) is 32.0 Å². The van der Waals surface area contributed by atoms with Crippen LogP contribution >= 0.6 is 0 Å². The summed E-state index contributed by atoms with van der Waals surface area (Å²) in [6.45, 7) is 5.84. The first-order chi connectivity index (χ1) is 6.20. The Morgan fingerprint density at radius 3 is 2.62 bits per heavy atom. The molecule has 3 N–H and O–H groups in total. The smallest absolute Gasteiger partial charge is 0.0781 e. The summed E-state index contributed by atoms with van der Waals surface area (Å²) < 4.78 is 10.5. The minimum atomic E-state index is -0.364. The second-order valence-corrected chi connectivity index (χ2v) is 3.07. The molecule has 0 bridgehead atoms. The van der Waals surface area contributed by atoms with Gasteiger partial charge in [-0.2, -0.15) is 0 Å². The fraction of sp³-hybridized carbons (Fsp3) is 1.00. The minimum Gasteiger partial charge on any atom is -0.391 e. The van der Waals surface area contributed by atoms with Gasteiger partial charge in [-0.25, -0.2) is 0 Å². The molecule has 0 rings (SSSR count). The van der Waals surface area contributed by atoms with E-state index >= 15 is 0 Å². The van der Waals surface area contributed by atoms with E-state index in [0.717, 1.165) is 6.42 Å². The Balaban J connectivity index is 3.24. The number of hydrogen-bond donors (Lipinski definition) is 2. The molecule has 0 heterocycles. The molecule has 0 radical (unpaired) electrons. The Morgan fingerprint density at radius 2 is 2.08 bits per heavy atom. The Labute approximate surface area is 80.0 Å². The molecule has 0 aliphatic carbocycles. The molecule has 0 saturated heterocycles. The van der Waals surface area contributed by atoms with Gasteiger partial charge in [0.2, 0.25) is 0 Å². The van der Waals surface area contributed by atoms with E-state index in [4.69, 9.17) is 15.2 Å². The van der Waals surface area contributed by atoms with Gasteiger partial charge >= 0.3 is 0 Å². The van der Waals surface area contributed by atoms with Crippen LogP contribution < -0.4 is 5.73 Å². The number of hydrogen-bond acceptors (Lipinski definition) is 4. The normalized spacial score (nSPS) is 15.7. The number of ether oxygens (including phenoxy) is 2. The fourth-order valence-electron chi connectivity index (χ4n) is 0.774. The van der Waals surface area contributed by atoms with Crippen LogP contribution in [-0.4, -0.2) is 43.7 Å². The Kier molecular flexibility index (Phi) is 8.33. The molecule has 80 valence electrons. The topological polar surface area (TPSA) is 64.7 Å². The molecule has 4 nitrogen and oxygen atoms in total. The van der Waals surface area contributed by atoms with Crippen molar-refractivity contribution in [3.8, 4) is 0 Å². The van der Waals surface area contributed by atoms with Gasteiger partial charge in [-0.15, -0.1) is 0 Å². The van der Waals surface area contributed by atoms with Crippen LogP contribution in [0, 0.1) is 0 Å². The monoisotopic (exact) mass is 191 g/mol. The SMILES string of the molecule is CCC(O)COC(C)COCCN. The summed E-state index contributed by atoms with van der Waals surface area (Å²) in [6.07, 6.45) is 0.376. The zero-order chi connectivity index (χ0) is 10.1. The van der Waals surface area contributed by atoms with Crippen LogP contribution in [0.1, 0.15) is 20.3 Å². The van der Waals surface area contributed by atoms with E-state index in [0.29, 0.717) is 26.4 Å². The lowest BCUT2D eigenvalue weighted by Crippen LogP contribution is -2.23. The number of rotatable bonds is 8. The first-order valence-electron chi connectivity index (χ1n) is 4.78. The average Bonchev–Trinajstić information content (AvgIpc) is 2.14. The van der Waals surface area contributed by atoms with Crippen molar-refractivity contribution in [2.45, 2.75) is 32.5 Å². The van der Waals surface area contributed by atoms with E-state index in [1.807, 2.05) is 13.8 Å². The summed E-state index contributed by atoms with van der Waals surface area (Å²) in [5, 5.41) is 9.19. The molecule has 0 fully saturated rings. The van der Waals surface area contributed by atoms with E-state index in [2.05, 4.69) is 0 Å².